The van der Waals surface area contributed by atoms with Crippen LogP contribution in [0.5, 0.6) is 0 Å². The van der Waals surface area contributed by atoms with Crippen molar-refractivity contribution in [2.45, 2.75) is 56.6 Å². The van der Waals surface area contributed by atoms with E-state index in [0.29, 0.717) is 18.4 Å². The summed E-state index contributed by atoms with van der Waals surface area (Å²) >= 11 is 1.13. The Morgan fingerprint density at radius 3 is 2.48 bits per heavy atom. The number of alkyl carbamates (subject to hydrolysis) is 1. The molecule has 126 valence electrons. The summed E-state index contributed by atoms with van der Waals surface area (Å²) in [6.45, 7) is 5.40. The number of rotatable bonds is 3. The molecule has 0 heterocycles. The normalized spacial score (nSPS) is 24.3. The highest BCUT2D eigenvalue weighted by atomic mass is 32.2. The Balaban J connectivity index is 1.86. The summed E-state index contributed by atoms with van der Waals surface area (Å²) in [6, 6.07) is 8.81. The van der Waals surface area contributed by atoms with Gasteiger partial charge in [-0.05, 0) is 33.6 Å². The van der Waals surface area contributed by atoms with Crippen molar-refractivity contribution in [2.75, 3.05) is 0 Å². The Morgan fingerprint density at radius 2 is 1.87 bits per heavy atom. The van der Waals surface area contributed by atoms with Gasteiger partial charge in [0.05, 0.1) is 6.10 Å². The predicted molar refractivity (Wildman–Crippen MR) is 90.6 cm³/mol. The maximum absolute atomic E-state index is 12.2. The van der Waals surface area contributed by atoms with E-state index >= 15 is 0 Å². The SMILES string of the molecule is CC(C)(C)OC(=O)N[C@@H]1C[C@@H](O)[C@H](SC(=O)c2ccccc2)C1. The standard InChI is InChI=1S/C17H23NO4S/c1-17(2,3)22-16(21)18-12-9-13(19)14(10-12)23-15(20)11-7-5-4-6-8-11/h4-8,12-14,19H,9-10H2,1-3H3,(H,18,21)/t12-,13-,14-/m1/s1. The zero-order chi connectivity index (χ0) is 17.0. The molecule has 0 bridgehead atoms. The third-order valence-corrected chi connectivity index (χ3v) is 4.72. The summed E-state index contributed by atoms with van der Waals surface area (Å²) in [5.74, 6) is 0. The lowest BCUT2D eigenvalue weighted by molar-refractivity contribution is 0.0502. The number of carbonyl (C=O) groups is 2. The van der Waals surface area contributed by atoms with Crippen LogP contribution in [0.15, 0.2) is 30.3 Å². The summed E-state index contributed by atoms with van der Waals surface area (Å²) in [6.07, 6.45) is -0.134. The molecule has 1 aliphatic carbocycles. The first kappa shape index (κ1) is 17.8. The molecule has 0 aliphatic heterocycles. The van der Waals surface area contributed by atoms with Crippen LogP contribution in [-0.4, -0.2) is 39.3 Å². The van der Waals surface area contributed by atoms with E-state index < -0.39 is 17.8 Å². The highest BCUT2D eigenvalue weighted by Gasteiger charge is 2.36. The van der Waals surface area contributed by atoms with Crippen molar-refractivity contribution in [1.82, 2.24) is 5.32 Å². The fourth-order valence-corrected chi connectivity index (χ4v) is 3.62. The number of aliphatic hydroxyl groups excluding tert-OH is 1. The number of hydrogen-bond donors (Lipinski definition) is 2. The zero-order valence-electron chi connectivity index (χ0n) is 13.6. The molecule has 0 unspecified atom stereocenters. The number of carbonyl (C=O) groups excluding carboxylic acids is 2. The molecule has 1 amide bonds. The number of thioether (sulfide) groups is 1. The largest absolute Gasteiger partial charge is 0.444 e. The van der Waals surface area contributed by atoms with E-state index in [9.17, 15) is 14.7 Å². The average Bonchev–Trinajstić information content (AvgIpc) is 2.77. The van der Waals surface area contributed by atoms with Crippen LogP contribution in [0.4, 0.5) is 4.79 Å². The smallest absolute Gasteiger partial charge is 0.407 e. The van der Waals surface area contributed by atoms with Gasteiger partial charge in [-0.1, -0.05) is 42.1 Å². The van der Waals surface area contributed by atoms with E-state index in [1.54, 1.807) is 32.9 Å². The van der Waals surface area contributed by atoms with E-state index in [1.165, 1.54) is 0 Å². The third-order valence-electron chi connectivity index (χ3n) is 3.46. The first-order valence-electron chi connectivity index (χ1n) is 7.68. The summed E-state index contributed by atoms with van der Waals surface area (Å²) in [5.41, 5.74) is 0.0619. The van der Waals surface area contributed by atoms with Crippen molar-refractivity contribution < 1.29 is 19.4 Å². The topological polar surface area (TPSA) is 75.6 Å². The molecule has 23 heavy (non-hydrogen) atoms. The maximum atomic E-state index is 12.2. The number of aliphatic hydroxyl groups is 1. The lowest BCUT2D eigenvalue weighted by Crippen LogP contribution is -2.38. The molecule has 0 saturated heterocycles. The molecule has 1 fully saturated rings. The highest BCUT2D eigenvalue weighted by Crippen LogP contribution is 2.32. The van der Waals surface area contributed by atoms with Gasteiger partial charge in [-0.2, -0.15) is 0 Å². The van der Waals surface area contributed by atoms with Crippen molar-refractivity contribution in [1.29, 1.82) is 0 Å². The molecule has 2 N–H and O–H groups in total. The van der Waals surface area contributed by atoms with E-state index in [2.05, 4.69) is 5.32 Å². The van der Waals surface area contributed by atoms with E-state index in [0.717, 1.165) is 11.8 Å². The monoisotopic (exact) mass is 337 g/mol. The van der Waals surface area contributed by atoms with Gasteiger partial charge in [0.2, 0.25) is 5.12 Å². The third kappa shape index (κ3) is 5.55. The van der Waals surface area contributed by atoms with Gasteiger partial charge < -0.3 is 15.2 Å². The zero-order valence-corrected chi connectivity index (χ0v) is 14.4. The molecular weight excluding hydrogens is 314 g/mol. The predicted octanol–water partition coefficient (Wildman–Crippen LogP) is 2.98. The fourth-order valence-electron chi connectivity index (χ4n) is 2.48. The van der Waals surface area contributed by atoms with Crippen molar-refractivity contribution in [3.05, 3.63) is 35.9 Å². The molecule has 6 heteroatoms. The van der Waals surface area contributed by atoms with E-state index in [1.807, 2.05) is 18.2 Å². The Hall–Kier alpha value is -1.53. The van der Waals surface area contributed by atoms with E-state index in [-0.39, 0.29) is 16.4 Å². The van der Waals surface area contributed by atoms with Crippen LogP contribution in [0.2, 0.25) is 0 Å². The van der Waals surface area contributed by atoms with Gasteiger partial charge in [0.15, 0.2) is 0 Å². The van der Waals surface area contributed by atoms with Gasteiger partial charge in [0.25, 0.3) is 0 Å². The minimum atomic E-state index is -0.618. The summed E-state index contributed by atoms with van der Waals surface area (Å²) < 4.78 is 5.22. The minimum absolute atomic E-state index is 0.0624. The molecule has 1 aromatic carbocycles. The van der Waals surface area contributed by atoms with Gasteiger partial charge in [-0.15, -0.1) is 0 Å². The number of nitrogens with one attached hydrogen (secondary N) is 1. The van der Waals surface area contributed by atoms with Crippen molar-refractivity contribution in [3.63, 3.8) is 0 Å². The number of benzene rings is 1. The van der Waals surface area contributed by atoms with Gasteiger partial charge >= 0.3 is 6.09 Å². The van der Waals surface area contributed by atoms with Crippen LogP contribution in [0, 0.1) is 0 Å². The average molecular weight is 337 g/mol. The minimum Gasteiger partial charge on any atom is -0.444 e. The molecule has 1 aliphatic rings. The summed E-state index contributed by atoms with van der Waals surface area (Å²) in [5, 5.41) is 12.6. The second-order valence-corrected chi connectivity index (χ2v) is 7.90. The number of amides is 1. The highest BCUT2D eigenvalue weighted by molar-refractivity contribution is 8.14. The molecule has 1 aromatic rings. The van der Waals surface area contributed by atoms with E-state index in [4.69, 9.17) is 4.74 Å². The van der Waals surface area contributed by atoms with Crippen molar-refractivity contribution in [3.8, 4) is 0 Å². The quantitative estimate of drug-likeness (QED) is 0.887. The number of hydrogen-bond acceptors (Lipinski definition) is 5. The molecule has 0 aromatic heterocycles. The van der Waals surface area contributed by atoms with Gasteiger partial charge in [0, 0.05) is 16.9 Å². The second-order valence-electron chi connectivity index (χ2n) is 6.69. The second kappa shape index (κ2) is 7.36. The Kier molecular flexibility index (Phi) is 5.70. The Bertz CT molecular complexity index is 555. The molecule has 0 spiro atoms. The van der Waals surface area contributed by atoms with Gasteiger partial charge in [0.1, 0.15) is 5.60 Å². The number of ether oxygens (including phenoxy) is 1. The summed E-state index contributed by atoms with van der Waals surface area (Å²) in [4.78, 5) is 24.0. The van der Waals surface area contributed by atoms with Crippen LogP contribution >= 0.6 is 11.8 Å². The lowest BCUT2D eigenvalue weighted by Gasteiger charge is -2.21. The molecule has 2 rings (SSSR count). The van der Waals surface area contributed by atoms with Crippen LogP contribution in [-0.2, 0) is 4.74 Å². The Labute approximate surface area is 140 Å². The molecular formula is C17H23NO4S. The maximum Gasteiger partial charge on any atom is 0.407 e. The van der Waals surface area contributed by atoms with Crippen LogP contribution in [0.3, 0.4) is 0 Å². The fraction of sp³-hybridized carbons (Fsp3) is 0.529. The van der Waals surface area contributed by atoms with Gasteiger partial charge in [-0.3, -0.25) is 4.79 Å². The van der Waals surface area contributed by atoms with Crippen molar-refractivity contribution >= 4 is 23.0 Å². The van der Waals surface area contributed by atoms with Gasteiger partial charge in [-0.25, -0.2) is 4.79 Å². The van der Waals surface area contributed by atoms with Crippen molar-refractivity contribution in [2.24, 2.45) is 0 Å². The molecule has 3 atom stereocenters. The van der Waals surface area contributed by atoms with Crippen LogP contribution in [0.1, 0.15) is 44.0 Å². The molecule has 5 nitrogen and oxygen atoms in total. The first-order chi connectivity index (χ1) is 10.7. The molecule has 0 radical (unpaired) electrons. The van der Waals surface area contributed by atoms with Crippen LogP contribution < -0.4 is 5.32 Å². The first-order valence-corrected chi connectivity index (χ1v) is 8.56. The molecule has 1 saturated carbocycles. The summed E-state index contributed by atoms with van der Waals surface area (Å²) in [7, 11) is 0. The van der Waals surface area contributed by atoms with Crippen LogP contribution in [0.25, 0.3) is 0 Å². The Morgan fingerprint density at radius 1 is 1.22 bits per heavy atom. The lowest BCUT2D eigenvalue weighted by atomic mass is 10.2.